The van der Waals surface area contributed by atoms with Crippen molar-refractivity contribution in [3.8, 4) is 11.5 Å². The summed E-state index contributed by atoms with van der Waals surface area (Å²) in [6.07, 6.45) is 3.94. The van der Waals surface area contributed by atoms with Gasteiger partial charge in [0.2, 0.25) is 0 Å². The molecule has 0 aliphatic heterocycles. The van der Waals surface area contributed by atoms with Gasteiger partial charge in [-0.25, -0.2) is 0 Å². The second kappa shape index (κ2) is 11.7. The van der Waals surface area contributed by atoms with Crippen LogP contribution in [0.15, 0.2) is 48.5 Å². The van der Waals surface area contributed by atoms with Crippen LogP contribution in [0.2, 0.25) is 5.02 Å². The third-order valence-electron chi connectivity index (χ3n) is 5.55. The Hall–Kier alpha value is -2.86. The van der Waals surface area contributed by atoms with Crippen molar-refractivity contribution in [2.75, 3.05) is 13.2 Å². The van der Waals surface area contributed by atoms with E-state index in [9.17, 15) is 14.4 Å². The lowest BCUT2D eigenvalue weighted by molar-refractivity contribution is -0.125. The van der Waals surface area contributed by atoms with Crippen LogP contribution in [0.3, 0.4) is 0 Å². The smallest absolute Gasteiger partial charge is 0.258 e. The van der Waals surface area contributed by atoms with Gasteiger partial charge in [-0.15, -0.1) is 0 Å². The van der Waals surface area contributed by atoms with Crippen molar-refractivity contribution in [3.63, 3.8) is 0 Å². The van der Waals surface area contributed by atoms with Gasteiger partial charge in [0, 0.05) is 23.0 Å². The van der Waals surface area contributed by atoms with Crippen molar-refractivity contribution in [1.82, 2.24) is 5.32 Å². The highest BCUT2D eigenvalue weighted by Crippen LogP contribution is 2.27. The highest BCUT2D eigenvalue weighted by Gasteiger charge is 2.24. The molecule has 32 heavy (non-hydrogen) atoms. The molecule has 7 heteroatoms. The van der Waals surface area contributed by atoms with E-state index in [2.05, 4.69) is 5.32 Å². The summed E-state index contributed by atoms with van der Waals surface area (Å²) >= 11 is 5.84. The summed E-state index contributed by atoms with van der Waals surface area (Å²) < 4.78 is 11.0. The molecular weight excluding hydrogens is 430 g/mol. The molecule has 0 bridgehead atoms. The van der Waals surface area contributed by atoms with Gasteiger partial charge in [-0.3, -0.25) is 14.4 Å². The minimum Gasteiger partial charge on any atom is -0.486 e. The van der Waals surface area contributed by atoms with Crippen molar-refractivity contribution in [2.24, 2.45) is 5.92 Å². The standard InChI is InChI=1S/C25H28ClNO5/c1-17(28)19-3-2-4-24(14-19)32-16-25(30)27-21-9-5-18(6-10-21)13-22(29)15-31-23-11-7-20(26)8-12-23/h2-4,7-8,11-12,14,18,21H,5-6,9-10,13,15-16H2,1H3,(H,27,30). The lowest BCUT2D eigenvalue weighted by Gasteiger charge is -2.28. The first-order chi connectivity index (χ1) is 15.4. The van der Waals surface area contributed by atoms with E-state index < -0.39 is 0 Å². The molecule has 1 fully saturated rings. The predicted octanol–water partition coefficient (Wildman–Crippen LogP) is 4.63. The molecule has 0 spiro atoms. The summed E-state index contributed by atoms with van der Waals surface area (Å²) in [5.74, 6) is 1.28. The Morgan fingerprint density at radius 2 is 1.62 bits per heavy atom. The lowest BCUT2D eigenvalue weighted by atomic mass is 9.83. The van der Waals surface area contributed by atoms with Gasteiger partial charge < -0.3 is 14.8 Å². The number of nitrogens with one attached hydrogen (secondary N) is 1. The van der Waals surface area contributed by atoms with E-state index in [1.165, 1.54) is 6.92 Å². The first kappa shape index (κ1) is 23.8. The topological polar surface area (TPSA) is 81.7 Å². The van der Waals surface area contributed by atoms with Crippen LogP contribution < -0.4 is 14.8 Å². The number of rotatable bonds is 10. The molecule has 0 atom stereocenters. The fourth-order valence-electron chi connectivity index (χ4n) is 3.81. The molecule has 1 amide bonds. The number of ketones is 2. The second-order valence-electron chi connectivity index (χ2n) is 8.14. The van der Waals surface area contributed by atoms with Crippen LogP contribution in [0.4, 0.5) is 0 Å². The van der Waals surface area contributed by atoms with E-state index in [1.54, 1.807) is 48.5 Å². The molecule has 2 aromatic carbocycles. The lowest BCUT2D eigenvalue weighted by Crippen LogP contribution is -2.40. The van der Waals surface area contributed by atoms with Gasteiger partial charge in [0.05, 0.1) is 0 Å². The molecule has 0 radical (unpaired) electrons. The van der Waals surface area contributed by atoms with Crippen LogP contribution in [-0.4, -0.2) is 36.7 Å². The predicted molar refractivity (Wildman–Crippen MR) is 122 cm³/mol. The molecule has 1 aliphatic carbocycles. The monoisotopic (exact) mass is 457 g/mol. The van der Waals surface area contributed by atoms with Crippen LogP contribution >= 0.6 is 11.6 Å². The van der Waals surface area contributed by atoms with E-state index in [0.29, 0.717) is 34.4 Å². The maximum Gasteiger partial charge on any atom is 0.258 e. The average Bonchev–Trinajstić information content (AvgIpc) is 2.79. The number of benzene rings is 2. The SMILES string of the molecule is CC(=O)c1cccc(OCC(=O)NC2CCC(CC(=O)COc3ccc(Cl)cc3)CC2)c1. The van der Waals surface area contributed by atoms with Gasteiger partial charge in [0.25, 0.3) is 5.91 Å². The Kier molecular flexibility index (Phi) is 8.68. The molecule has 2 aromatic rings. The van der Waals surface area contributed by atoms with Gasteiger partial charge in [-0.2, -0.15) is 0 Å². The minimum atomic E-state index is -0.186. The third-order valence-corrected chi connectivity index (χ3v) is 5.80. The molecule has 6 nitrogen and oxygen atoms in total. The van der Waals surface area contributed by atoms with Crippen LogP contribution in [-0.2, 0) is 9.59 Å². The highest BCUT2D eigenvalue weighted by molar-refractivity contribution is 6.30. The van der Waals surface area contributed by atoms with Gasteiger partial charge in [0.1, 0.15) is 18.1 Å². The number of halogens is 1. The van der Waals surface area contributed by atoms with Crippen molar-refractivity contribution in [1.29, 1.82) is 0 Å². The van der Waals surface area contributed by atoms with E-state index in [-0.39, 0.29) is 36.7 Å². The fourth-order valence-corrected chi connectivity index (χ4v) is 3.94. The number of amides is 1. The summed E-state index contributed by atoms with van der Waals surface area (Å²) in [6, 6.07) is 13.8. The molecule has 0 saturated heterocycles. The third kappa shape index (κ3) is 7.68. The Bertz CT molecular complexity index is 936. The number of ether oxygens (including phenoxy) is 2. The van der Waals surface area contributed by atoms with Crippen LogP contribution in [0, 0.1) is 5.92 Å². The summed E-state index contributed by atoms with van der Waals surface area (Å²) in [5.41, 5.74) is 0.550. The fraction of sp³-hybridized carbons (Fsp3) is 0.400. The first-order valence-electron chi connectivity index (χ1n) is 10.8. The Labute approximate surface area is 193 Å². The summed E-state index contributed by atoms with van der Waals surface area (Å²) in [6.45, 7) is 1.45. The Morgan fingerprint density at radius 3 is 2.31 bits per heavy atom. The Balaban J connectivity index is 1.33. The first-order valence-corrected chi connectivity index (χ1v) is 11.2. The number of hydrogen-bond donors (Lipinski definition) is 1. The Morgan fingerprint density at radius 1 is 0.938 bits per heavy atom. The van der Waals surface area contributed by atoms with Gasteiger partial charge >= 0.3 is 0 Å². The van der Waals surface area contributed by atoms with Crippen molar-refractivity contribution < 1.29 is 23.9 Å². The molecule has 0 heterocycles. The van der Waals surface area contributed by atoms with Gasteiger partial charge in [-0.1, -0.05) is 23.7 Å². The van der Waals surface area contributed by atoms with Gasteiger partial charge in [0.15, 0.2) is 18.2 Å². The van der Waals surface area contributed by atoms with E-state index in [1.807, 2.05) is 0 Å². The largest absolute Gasteiger partial charge is 0.486 e. The minimum absolute atomic E-state index is 0.0494. The quantitative estimate of drug-likeness (QED) is 0.526. The number of Topliss-reactive ketones (excluding diaryl/α,β-unsaturated/α-hetero) is 2. The summed E-state index contributed by atoms with van der Waals surface area (Å²) in [4.78, 5) is 35.9. The normalized spacial score (nSPS) is 17.9. The van der Waals surface area contributed by atoms with Gasteiger partial charge in [-0.05, 0) is 74.9 Å². The maximum absolute atomic E-state index is 12.2. The van der Waals surface area contributed by atoms with Crippen molar-refractivity contribution in [2.45, 2.75) is 45.1 Å². The number of carbonyl (C=O) groups is 3. The van der Waals surface area contributed by atoms with E-state index in [4.69, 9.17) is 21.1 Å². The average molecular weight is 458 g/mol. The molecule has 3 rings (SSSR count). The molecule has 170 valence electrons. The van der Waals surface area contributed by atoms with Crippen LogP contribution in [0.25, 0.3) is 0 Å². The zero-order valence-corrected chi connectivity index (χ0v) is 18.9. The molecule has 1 N–H and O–H groups in total. The molecule has 1 aliphatic rings. The molecular formula is C25H28ClNO5. The van der Waals surface area contributed by atoms with Crippen molar-refractivity contribution in [3.05, 3.63) is 59.1 Å². The maximum atomic E-state index is 12.2. The highest BCUT2D eigenvalue weighted by atomic mass is 35.5. The number of carbonyl (C=O) groups excluding carboxylic acids is 3. The van der Waals surface area contributed by atoms with Crippen molar-refractivity contribution >= 4 is 29.1 Å². The van der Waals surface area contributed by atoms with Crippen LogP contribution in [0.1, 0.15) is 49.4 Å². The zero-order chi connectivity index (χ0) is 22.9. The van der Waals surface area contributed by atoms with Crippen LogP contribution in [0.5, 0.6) is 11.5 Å². The second-order valence-corrected chi connectivity index (χ2v) is 8.58. The molecule has 0 unspecified atom stereocenters. The number of hydrogen-bond acceptors (Lipinski definition) is 5. The molecule has 1 saturated carbocycles. The summed E-state index contributed by atoms with van der Waals surface area (Å²) in [7, 11) is 0. The molecule has 0 aromatic heterocycles. The zero-order valence-electron chi connectivity index (χ0n) is 18.1. The van der Waals surface area contributed by atoms with E-state index in [0.717, 1.165) is 25.7 Å². The summed E-state index contributed by atoms with van der Waals surface area (Å²) in [5, 5.41) is 3.63. The van der Waals surface area contributed by atoms with E-state index >= 15 is 0 Å².